The van der Waals surface area contributed by atoms with Crippen molar-refractivity contribution < 1.29 is 14.3 Å². The fraction of sp³-hybridized carbons (Fsp3) is 0.824. The molecule has 0 radical (unpaired) electrons. The second-order valence-corrected chi connectivity index (χ2v) is 6.75. The smallest absolute Gasteiger partial charge is 0.270 e. The van der Waals surface area contributed by atoms with Crippen LogP contribution in [0, 0.1) is 5.92 Å². The average molecular weight is 336 g/mol. The van der Waals surface area contributed by atoms with E-state index in [1.54, 1.807) is 0 Å². The third kappa shape index (κ3) is 3.47. The topological polar surface area (TPSA) is 65.5 Å². The van der Waals surface area contributed by atoms with Gasteiger partial charge in [-0.15, -0.1) is 0 Å². The number of carbonyl (C=O) groups is 2. The van der Waals surface area contributed by atoms with E-state index in [0.29, 0.717) is 37.1 Å². The lowest BCUT2D eigenvalue weighted by atomic mass is 9.99. The summed E-state index contributed by atoms with van der Waals surface area (Å²) in [6, 6.07) is 0.413. The van der Waals surface area contributed by atoms with E-state index in [1.165, 1.54) is 5.01 Å². The number of hydrazone groups is 1. The van der Waals surface area contributed by atoms with Crippen LogP contribution in [-0.2, 0) is 14.3 Å². The molecule has 2 atom stereocenters. The van der Waals surface area contributed by atoms with Crippen LogP contribution in [0.5, 0.6) is 0 Å². The number of carbonyl (C=O) groups excluding carboxylic acids is 2. The number of rotatable bonds is 4. The van der Waals surface area contributed by atoms with E-state index in [2.05, 4.69) is 16.9 Å². The summed E-state index contributed by atoms with van der Waals surface area (Å²) in [5.41, 5.74) is 0.536. The Morgan fingerprint density at radius 2 is 1.96 bits per heavy atom. The molecule has 0 N–H and O–H groups in total. The van der Waals surface area contributed by atoms with Gasteiger partial charge in [0.05, 0.1) is 13.2 Å². The number of hydrogen-bond donors (Lipinski definition) is 0. The summed E-state index contributed by atoms with van der Waals surface area (Å²) in [7, 11) is 0. The van der Waals surface area contributed by atoms with Crippen molar-refractivity contribution in [2.45, 2.75) is 39.2 Å². The molecule has 0 aromatic heterocycles. The zero-order valence-corrected chi connectivity index (χ0v) is 14.7. The summed E-state index contributed by atoms with van der Waals surface area (Å²) in [6.07, 6.45) is 1.91. The Bertz CT molecular complexity index is 516. The van der Waals surface area contributed by atoms with Crippen LogP contribution in [0.15, 0.2) is 5.10 Å². The molecule has 0 spiro atoms. The van der Waals surface area contributed by atoms with E-state index in [9.17, 15) is 9.59 Å². The van der Waals surface area contributed by atoms with Gasteiger partial charge < -0.3 is 9.64 Å². The highest BCUT2D eigenvalue weighted by Gasteiger charge is 2.39. The molecular weight excluding hydrogens is 308 g/mol. The van der Waals surface area contributed by atoms with Crippen molar-refractivity contribution in [2.24, 2.45) is 11.0 Å². The van der Waals surface area contributed by atoms with Crippen LogP contribution < -0.4 is 0 Å². The first kappa shape index (κ1) is 17.4. The third-order valence-corrected chi connectivity index (χ3v) is 5.38. The monoisotopic (exact) mass is 336 g/mol. The number of nitrogens with zero attached hydrogens (tertiary/aromatic N) is 4. The summed E-state index contributed by atoms with van der Waals surface area (Å²) >= 11 is 0. The summed E-state index contributed by atoms with van der Waals surface area (Å²) in [5, 5.41) is 5.71. The normalized spacial score (nSPS) is 29.1. The van der Waals surface area contributed by atoms with Gasteiger partial charge in [-0.25, -0.2) is 5.01 Å². The number of ether oxygens (including phenoxy) is 1. The molecule has 3 aliphatic heterocycles. The van der Waals surface area contributed by atoms with Gasteiger partial charge >= 0.3 is 0 Å². The maximum Gasteiger partial charge on any atom is 0.270 e. The number of hydrogen-bond acceptors (Lipinski definition) is 5. The van der Waals surface area contributed by atoms with E-state index in [0.717, 1.165) is 45.8 Å². The van der Waals surface area contributed by atoms with Gasteiger partial charge in [0, 0.05) is 51.6 Å². The molecule has 0 saturated carbocycles. The lowest BCUT2D eigenvalue weighted by Gasteiger charge is -2.34. The summed E-state index contributed by atoms with van der Waals surface area (Å²) in [4.78, 5) is 29.0. The molecule has 0 bridgehead atoms. The summed E-state index contributed by atoms with van der Waals surface area (Å²) < 4.78 is 5.45. The highest BCUT2D eigenvalue weighted by molar-refractivity contribution is 6.39. The Morgan fingerprint density at radius 3 is 2.62 bits per heavy atom. The average Bonchev–Trinajstić information content (AvgIpc) is 3.06. The van der Waals surface area contributed by atoms with Crippen molar-refractivity contribution in [3.05, 3.63) is 0 Å². The van der Waals surface area contributed by atoms with Gasteiger partial charge in [-0.1, -0.05) is 13.3 Å². The zero-order chi connectivity index (χ0) is 17.1. The SMILES string of the molecule is CC[C@@H]1CN(C(=O)C2=NN(CC)C(=O)CC2)C[C@H]1N1CCOCC1. The maximum atomic E-state index is 12.9. The molecule has 2 saturated heterocycles. The van der Waals surface area contributed by atoms with Gasteiger partial charge in [0.2, 0.25) is 5.91 Å². The molecule has 3 heterocycles. The Kier molecular flexibility index (Phi) is 5.50. The van der Waals surface area contributed by atoms with Gasteiger partial charge in [-0.2, -0.15) is 5.10 Å². The molecule has 24 heavy (non-hydrogen) atoms. The van der Waals surface area contributed by atoms with Crippen molar-refractivity contribution in [1.82, 2.24) is 14.8 Å². The maximum absolute atomic E-state index is 12.9. The molecule has 134 valence electrons. The van der Waals surface area contributed by atoms with Crippen LogP contribution in [0.2, 0.25) is 0 Å². The predicted octanol–water partition coefficient (Wildman–Crippen LogP) is 0.554. The van der Waals surface area contributed by atoms with Crippen molar-refractivity contribution in [1.29, 1.82) is 0 Å². The Balaban J connectivity index is 1.68. The Morgan fingerprint density at radius 1 is 1.21 bits per heavy atom. The Labute approximate surface area is 143 Å². The molecule has 2 amide bonds. The van der Waals surface area contributed by atoms with E-state index < -0.39 is 0 Å². The van der Waals surface area contributed by atoms with Crippen LogP contribution in [0.25, 0.3) is 0 Å². The fourth-order valence-electron chi connectivity index (χ4n) is 3.93. The lowest BCUT2D eigenvalue weighted by Crippen LogP contribution is -2.47. The molecule has 2 fully saturated rings. The minimum atomic E-state index is 0.00750. The first-order chi connectivity index (χ1) is 11.6. The molecule has 0 unspecified atom stereocenters. The van der Waals surface area contributed by atoms with E-state index >= 15 is 0 Å². The number of morpholine rings is 1. The Hall–Kier alpha value is -1.47. The van der Waals surface area contributed by atoms with E-state index in [1.807, 2.05) is 11.8 Å². The van der Waals surface area contributed by atoms with Crippen LogP contribution in [-0.4, -0.2) is 84.3 Å². The fourth-order valence-corrected chi connectivity index (χ4v) is 3.93. The second kappa shape index (κ2) is 7.61. The number of likely N-dealkylation sites (tertiary alicyclic amines) is 1. The van der Waals surface area contributed by atoms with Gasteiger partial charge in [0.25, 0.3) is 5.91 Å². The highest BCUT2D eigenvalue weighted by atomic mass is 16.5. The minimum Gasteiger partial charge on any atom is -0.379 e. The van der Waals surface area contributed by atoms with Crippen LogP contribution in [0.1, 0.15) is 33.1 Å². The van der Waals surface area contributed by atoms with Gasteiger partial charge in [0.15, 0.2) is 0 Å². The molecule has 7 heteroatoms. The standard InChI is InChI=1S/C17H28N4O3/c1-3-13-11-20(12-15(13)19-7-9-24-10-8-19)17(23)14-5-6-16(22)21(4-2)18-14/h13,15H,3-12H2,1-2H3/t13-,15-/m1/s1. The first-order valence-corrected chi connectivity index (χ1v) is 9.13. The molecule has 0 aromatic carbocycles. The molecule has 3 rings (SSSR count). The van der Waals surface area contributed by atoms with Crippen molar-refractivity contribution in [3.8, 4) is 0 Å². The molecule has 7 nitrogen and oxygen atoms in total. The van der Waals surface area contributed by atoms with E-state index in [-0.39, 0.29) is 11.8 Å². The second-order valence-electron chi connectivity index (χ2n) is 6.75. The highest BCUT2D eigenvalue weighted by Crippen LogP contribution is 2.26. The van der Waals surface area contributed by atoms with Crippen molar-refractivity contribution >= 4 is 17.5 Å². The zero-order valence-electron chi connectivity index (χ0n) is 14.7. The molecule has 0 aliphatic carbocycles. The first-order valence-electron chi connectivity index (χ1n) is 9.13. The van der Waals surface area contributed by atoms with Crippen molar-refractivity contribution in [3.63, 3.8) is 0 Å². The minimum absolute atomic E-state index is 0.00750. The van der Waals surface area contributed by atoms with Gasteiger partial charge in [0.1, 0.15) is 5.71 Å². The largest absolute Gasteiger partial charge is 0.379 e. The molecule has 0 aromatic rings. The lowest BCUT2D eigenvalue weighted by molar-refractivity contribution is -0.131. The van der Waals surface area contributed by atoms with Crippen molar-refractivity contribution in [2.75, 3.05) is 45.9 Å². The predicted molar refractivity (Wildman–Crippen MR) is 90.6 cm³/mol. The summed E-state index contributed by atoms with van der Waals surface area (Å²) in [5.74, 6) is 0.517. The molecular formula is C17H28N4O3. The third-order valence-electron chi connectivity index (χ3n) is 5.38. The van der Waals surface area contributed by atoms with Gasteiger partial charge in [-0.3, -0.25) is 14.5 Å². The van der Waals surface area contributed by atoms with Crippen LogP contribution >= 0.6 is 0 Å². The van der Waals surface area contributed by atoms with Gasteiger partial charge in [-0.05, 0) is 12.8 Å². The van der Waals surface area contributed by atoms with E-state index in [4.69, 9.17) is 4.74 Å². The van der Waals surface area contributed by atoms with Crippen LogP contribution in [0.4, 0.5) is 0 Å². The summed E-state index contributed by atoms with van der Waals surface area (Å²) in [6.45, 7) is 9.59. The number of amides is 2. The van der Waals surface area contributed by atoms with Crippen LogP contribution in [0.3, 0.4) is 0 Å². The quantitative estimate of drug-likeness (QED) is 0.752. The molecule has 3 aliphatic rings.